The molecule has 2 aromatic rings. The second kappa shape index (κ2) is 8.45. The van der Waals surface area contributed by atoms with Gasteiger partial charge in [0.05, 0.1) is 0 Å². The van der Waals surface area contributed by atoms with Gasteiger partial charge in [-0.3, -0.25) is 9.69 Å². The first kappa shape index (κ1) is 19.2. The molecule has 2 aliphatic heterocycles. The average molecular weight is 383 g/mol. The molecule has 1 N–H and O–H groups in total. The summed E-state index contributed by atoms with van der Waals surface area (Å²) in [7, 11) is 0. The molecule has 0 radical (unpaired) electrons. The Morgan fingerprint density at radius 1 is 1.21 bits per heavy atom. The first-order valence-electron chi connectivity index (χ1n) is 10.4. The molecule has 6 nitrogen and oxygen atoms in total. The number of anilines is 1. The van der Waals surface area contributed by atoms with Gasteiger partial charge in [0.15, 0.2) is 5.76 Å². The van der Waals surface area contributed by atoms with Crippen molar-refractivity contribution in [2.75, 3.05) is 31.5 Å². The molecule has 1 aromatic heterocycles. The van der Waals surface area contributed by atoms with E-state index in [1.165, 1.54) is 50.9 Å². The van der Waals surface area contributed by atoms with E-state index in [0.717, 1.165) is 13.1 Å². The summed E-state index contributed by atoms with van der Waals surface area (Å²) in [5.74, 6) is 0.509. The third-order valence-corrected chi connectivity index (χ3v) is 6.01. The number of aromatic nitrogens is 1. The molecule has 2 fully saturated rings. The lowest BCUT2D eigenvalue weighted by atomic mass is 10.1. The van der Waals surface area contributed by atoms with Gasteiger partial charge in [-0.15, -0.1) is 0 Å². The highest BCUT2D eigenvalue weighted by Gasteiger charge is 2.27. The van der Waals surface area contributed by atoms with E-state index in [1.54, 1.807) is 6.92 Å². The Bertz CT molecular complexity index is 806. The Labute approximate surface area is 166 Å². The van der Waals surface area contributed by atoms with Gasteiger partial charge in [0.2, 0.25) is 0 Å². The van der Waals surface area contributed by atoms with Crippen molar-refractivity contribution < 1.29 is 9.32 Å². The lowest BCUT2D eigenvalue weighted by molar-refractivity contribution is 0.102. The van der Waals surface area contributed by atoms with Crippen LogP contribution in [0.1, 0.15) is 53.1 Å². The number of carbonyl (C=O) groups excluding carboxylic acids is 1. The smallest absolute Gasteiger partial charge is 0.255 e. The lowest BCUT2D eigenvalue weighted by Crippen LogP contribution is -2.38. The van der Waals surface area contributed by atoms with E-state index in [-0.39, 0.29) is 5.91 Å². The standard InChI is InChI=1S/C22H30N4O2/c1-16-21(17(2)28-24-16)23-22(27)19-8-5-7-18(13-19)14-26-12-6-9-20(26)15-25-10-3-4-11-25/h5,7-8,13,20H,3-4,6,9-12,14-15H2,1-2H3,(H,23,27)/t20-/m0/s1. The van der Waals surface area contributed by atoms with Crippen LogP contribution in [0.3, 0.4) is 0 Å². The van der Waals surface area contributed by atoms with E-state index in [1.807, 2.05) is 25.1 Å². The van der Waals surface area contributed by atoms with Crippen LogP contribution in [0.4, 0.5) is 5.69 Å². The molecule has 150 valence electrons. The third-order valence-electron chi connectivity index (χ3n) is 6.01. The van der Waals surface area contributed by atoms with Crippen molar-refractivity contribution in [1.29, 1.82) is 0 Å². The third kappa shape index (κ3) is 4.28. The summed E-state index contributed by atoms with van der Waals surface area (Å²) in [5.41, 5.74) is 3.23. The lowest BCUT2D eigenvalue weighted by Gasteiger charge is -2.28. The number of benzene rings is 1. The SMILES string of the molecule is Cc1noc(C)c1NC(=O)c1cccc(CN2CCC[C@H]2CN2CCCC2)c1. The fourth-order valence-electron chi connectivity index (χ4n) is 4.47. The van der Waals surface area contributed by atoms with Crippen LogP contribution in [-0.2, 0) is 6.54 Å². The minimum atomic E-state index is -0.119. The number of nitrogens with zero attached hydrogens (tertiary/aromatic N) is 3. The predicted octanol–water partition coefficient (Wildman–Crippen LogP) is 3.60. The molecule has 0 unspecified atom stereocenters. The summed E-state index contributed by atoms with van der Waals surface area (Å²) < 4.78 is 5.14. The van der Waals surface area contributed by atoms with E-state index in [9.17, 15) is 4.79 Å². The summed E-state index contributed by atoms with van der Waals surface area (Å²) >= 11 is 0. The number of nitrogens with one attached hydrogen (secondary N) is 1. The molecule has 3 heterocycles. The molecule has 0 spiro atoms. The van der Waals surface area contributed by atoms with E-state index >= 15 is 0 Å². The summed E-state index contributed by atoms with van der Waals surface area (Å²) in [6.45, 7) is 9.38. The molecule has 4 rings (SSSR count). The summed E-state index contributed by atoms with van der Waals surface area (Å²) in [5, 5.41) is 6.84. The molecular formula is C22H30N4O2. The van der Waals surface area contributed by atoms with Crippen molar-refractivity contribution in [3.8, 4) is 0 Å². The van der Waals surface area contributed by atoms with Crippen LogP contribution in [0.5, 0.6) is 0 Å². The molecule has 2 aliphatic rings. The zero-order chi connectivity index (χ0) is 19.5. The molecule has 28 heavy (non-hydrogen) atoms. The van der Waals surface area contributed by atoms with Crippen LogP contribution in [0, 0.1) is 13.8 Å². The maximum atomic E-state index is 12.7. The number of aryl methyl sites for hydroxylation is 2. The van der Waals surface area contributed by atoms with Crippen LogP contribution >= 0.6 is 0 Å². The van der Waals surface area contributed by atoms with Crippen molar-refractivity contribution in [2.24, 2.45) is 0 Å². The molecule has 1 aromatic carbocycles. The molecule has 2 saturated heterocycles. The van der Waals surface area contributed by atoms with Crippen LogP contribution in [0.25, 0.3) is 0 Å². The van der Waals surface area contributed by atoms with Crippen LogP contribution in [-0.4, -0.2) is 53.1 Å². The van der Waals surface area contributed by atoms with Crippen LogP contribution in [0.2, 0.25) is 0 Å². The van der Waals surface area contributed by atoms with Gasteiger partial charge in [-0.05, 0) is 76.9 Å². The quantitative estimate of drug-likeness (QED) is 0.827. The molecule has 0 saturated carbocycles. The number of rotatable bonds is 6. The first-order valence-corrected chi connectivity index (χ1v) is 10.4. The van der Waals surface area contributed by atoms with Gasteiger partial charge >= 0.3 is 0 Å². The van der Waals surface area contributed by atoms with E-state index in [4.69, 9.17) is 4.52 Å². The van der Waals surface area contributed by atoms with E-state index in [0.29, 0.717) is 28.7 Å². The Morgan fingerprint density at radius 2 is 2.04 bits per heavy atom. The molecule has 1 amide bonds. The normalized spacial score (nSPS) is 20.7. The van der Waals surface area contributed by atoms with Crippen molar-refractivity contribution in [1.82, 2.24) is 15.0 Å². The maximum absolute atomic E-state index is 12.7. The largest absolute Gasteiger partial charge is 0.359 e. The Morgan fingerprint density at radius 3 is 2.79 bits per heavy atom. The van der Waals surface area contributed by atoms with E-state index in [2.05, 4.69) is 26.3 Å². The van der Waals surface area contributed by atoms with Crippen LogP contribution < -0.4 is 5.32 Å². The number of carbonyl (C=O) groups is 1. The van der Waals surface area contributed by atoms with Gasteiger partial charge in [-0.2, -0.15) is 0 Å². The summed E-state index contributed by atoms with van der Waals surface area (Å²) in [6.07, 6.45) is 5.23. The van der Waals surface area contributed by atoms with Gasteiger partial charge in [-0.1, -0.05) is 17.3 Å². The Kier molecular flexibility index (Phi) is 5.78. The molecular weight excluding hydrogens is 352 g/mol. The molecule has 6 heteroatoms. The van der Waals surface area contributed by atoms with Gasteiger partial charge in [-0.25, -0.2) is 0 Å². The van der Waals surface area contributed by atoms with Crippen molar-refractivity contribution in [2.45, 2.75) is 52.1 Å². The number of amides is 1. The fourth-order valence-corrected chi connectivity index (χ4v) is 4.47. The molecule has 0 bridgehead atoms. The zero-order valence-electron chi connectivity index (χ0n) is 16.9. The van der Waals surface area contributed by atoms with Crippen molar-refractivity contribution >= 4 is 11.6 Å². The second-order valence-electron chi connectivity index (χ2n) is 8.13. The van der Waals surface area contributed by atoms with Crippen LogP contribution in [0.15, 0.2) is 28.8 Å². The highest BCUT2D eigenvalue weighted by atomic mass is 16.5. The summed E-state index contributed by atoms with van der Waals surface area (Å²) in [4.78, 5) is 17.9. The minimum Gasteiger partial charge on any atom is -0.359 e. The van der Waals surface area contributed by atoms with Gasteiger partial charge < -0.3 is 14.7 Å². The maximum Gasteiger partial charge on any atom is 0.255 e. The number of hydrogen-bond donors (Lipinski definition) is 1. The highest BCUT2D eigenvalue weighted by molar-refractivity contribution is 6.04. The zero-order valence-corrected chi connectivity index (χ0v) is 16.9. The van der Waals surface area contributed by atoms with Crippen molar-refractivity contribution in [3.63, 3.8) is 0 Å². The van der Waals surface area contributed by atoms with E-state index < -0.39 is 0 Å². The van der Waals surface area contributed by atoms with Gasteiger partial charge in [0, 0.05) is 24.7 Å². The second-order valence-corrected chi connectivity index (χ2v) is 8.13. The number of hydrogen-bond acceptors (Lipinski definition) is 5. The topological polar surface area (TPSA) is 61.6 Å². The predicted molar refractivity (Wildman–Crippen MR) is 109 cm³/mol. The number of likely N-dealkylation sites (tertiary alicyclic amines) is 2. The summed E-state index contributed by atoms with van der Waals surface area (Å²) in [6, 6.07) is 8.61. The van der Waals surface area contributed by atoms with Gasteiger partial charge in [0.25, 0.3) is 5.91 Å². The monoisotopic (exact) mass is 382 g/mol. The molecule has 1 atom stereocenters. The highest BCUT2D eigenvalue weighted by Crippen LogP contribution is 2.24. The Hall–Kier alpha value is -2.18. The molecule has 0 aliphatic carbocycles. The van der Waals surface area contributed by atoms with Gasteiger partial charge in [0.1, 0.15) is 11.4 Å². The Balaban J connectivity index is 1.41. The fraction of sp³-hybridized carbons (Fsp3) is 0.545. The first-order chi connectivity index (χ1) is 13.6. The minimum absolute atomic E-state index is 0.119. The average Bonchev–Trinajstić information content (AvgIpc) is 3.42. The van der Waals surface area contributed by atoms with Crippen molar-refractivity contribution in [3.05, 3.63) is 46.8 Å².